The second-order valence-electron chi connectivity index (χ2n) is 16.9. The van der Waals surface area contributed by atoms with Gasteiger partial charge in [-0.3, -0.25) is 43.3 Å². The summed E-state index contributed by atoms with van der Waals surface area (Å²) in [7, 11) is 2.35. The van der Waals surface area contributed by atoms with Crippen molar-refractivity contribution in [2.24, 2.45) is 16.5 Å². The zero-order valence-corrected chi connectivity index (χ0v) is 41.2. The molecule has 382 valence electrons. The number of aliphatic carboxylic acids is 1. The Morgan fingerprint density at radius 2 is 1.52 bits per heavy atom. The van der Waals surface area contributed by atoms with Crippen molar-refractivity contribution in [1.29, 1.82) is 0 Å². The molecule has 0 unspecified atom stereocenters. The third-order valence-corrected chi connectivity index (χ3v) is 13.8. The number of unbranched alkanes of at least 4 members (excludes halogenated alkanes) is 1. The topological polar surface area (TPSA) is 341 Å². The number of aliphatic imine (C=N–C) groups is 1. The molecule has 1 aliphatic heterocycles. The molecule has 2 aromatic carbocycles. The van der Waals surface area contributed by atoms with Crippen LogP contribution < -0.4 is 43.4 Å². The van der Waals surface area contributed by atoms with Gasteiger partial charge < -0.3 is 63.3 Å². The summed E-state index contributed by atoms with van der Waals surface area (Å²) in [6.45, 7) is 2.46. The van der Waals surface area contributed by atoms with E-state index in [-0.39, 0.29) is 62.7 Å². The van der Waals surface area contributed by atoms with Crippen molar-refractivity contribution in [3.8, 4) is 0 Å². The monoisotopic (exact) mass is 1020 g/mol. The van der Waals surface area contributed by atoms with E-state index in [9.17, 15) is 43.5 Å². The molecule has 0 radical (unpaired) electrons. The number of hydrogen-bond donors (Lipinski definition) is 11. The van der Waals surface area contributed by atoms with E-state index in [1.807, 2.05) is 31.2 Å². The maximum atomic E-state index is 14.6. The van der Waals surface area contributed by atoms with Crippen LogP contribution in [0.15, 0.2) is 78.3 Å². The lowest BCUT2D eigenvalue weighted by Crippen LogP contribution is -2.61. The Labute approximate surface area is 418 Å². The summed E-state index contributed by atoms with van der Waals surface area (Å²) >= 11 is 0. The Kier molecular flexibility index (Phi) is 21.6. The number of hydrogen-bond acceptors (Lipinski definition) is 12. The van der Waals surface area contributed by atoms with Gasteiger partial charge in [-0.05, 0) is 36.5 Å². The predicted molar refractivity (Wildman–Crippen MR) is 270 cm³/mol. The number of imidazole rings is 1. The lowest BCUT2D eigenvalue weighted by Gasteiger charge is -2.29. The molecule has 22 nitrogen and oxygen atoms in total. The van der Waals surface area contributed by atoms with Gasteiger partial charge in [0.25, 0.3) is 0 Å². The van der Waals surface area contributed by atoms with Crippen LogP contribution in [0.4, 0.5) is 0 Å². The smallest absolute Gasteiger partial charge is 0.323 e. The molecule has 7 amide bonds. The normalized spacial score (nSPS) is 20.4. The predicted octanol–water partition coefficient (Wildman–Crippen LogP) is 0.400. The minimum atomic E-state index is -1.35. The summed E-state index contributed by atoms with van der Waals surface area (Å²) in [5.41, 5.74) is 13.7. The number of H-pyrrole nitrogens is 2. The molecule has 1 fully saturated rings. The number of nitrogens with one attached hydrogen (secondary N) is 8. The zero-order chi connectivity index (χ0) is 51.3. The minimum Gasteiger partial charge on any atom is -0.480 e. The number of benzene rings is 2. The van der Waals surface area contributed by atoms with Crippen molar-refractivity contribution in [1.82, 2.24) is 51.8 Å². The quantitative estimate of drug-likeness (QED) is 0.0278. The molecule has 71 heavy (non-hydrogen) atoms. The van der Waals surface area contributed by atoms with Gasteiger partial charge in [0.05, 0.1) is 6.33 Å². The number of aromatic amines is 2. The molecule has 0 bridgehead atoms. The van der Waals surface area contributed by atoms with E-state index >= 15 is 0 Å². The number of nitrogens with zero attached hydrogens (tertiary/aromatic N) is 3. The lowest BCUT2D eigenvalue weighted by molar-refractivity contribution is -0.145. The molecule has 4 aromatic rings. The average Bonchev–Trinajstić information content (AvgIpc) is 4.01. The second-order valence-corrected chi connectivity index (χ2v) is 19.6. The number of aromatic nitrogens is 3. The fourth-order valence-electron chi connectivity index (χ4n) is 7.82. The number of nitrogens with two attached hydrogens (primary N) is 2. The van der Waals surface area contributed by atoms with Gasteiger partial charge in [-0.15, -0.1) is 0 Å². The lowest BCUT2D eigenvalue weighted by atomic mass is 10.0. The Morgan fingerprint density at radius 1 is 0.845 bits per heavy atom. The van der Waals surface area contributed by atoms with Crippen LogP contribution in [0.1, 0.15) is 62.8 Å². The van der Waals surface area contributed by atoms with Crippen LogP contribution in [0.3, 0.4) is 0 Å². The molecule has 0 spiro atoms. The average molecular weight is 1020 g/mol. The number of carbonyl (C=O) groups excluding carboxylic acids is 7. The van der Waals surface area contributed by atoms with Crippen molar-refractivity contribution < 1.29 is 43.5 Å². The van der Waals surface area contributed by atoms with Gasteiger partial charge in [0.2, 0.25) is 41.4 Å². The van der Waals surface area contributed by atoms with Gasteiger partial charge in [-0.25, -0.2) is 4.98 Å². The highest BCUT2D eigenvalue weighted by Gasteiger charge is 2.35. The first kappa shape index (κ1) is 54.9. The molecule has 1 saturated heterocycles. The number of rotatable bonds is 18. The Morgan fingerprint density at radius 3 is 2.21 bits per heavy atom. The standard InChI is InChI=1S/C47H63N13O9S2/c1-3-4-14-34(54-28(2)61)41(64)59-39-26-71-70-19-18-60(25-40(62)63)46(69)38(21-30-23-52-33-15-9-8-13-32(30)33)58-42(65)35(16-10-17-51-47(48)49)55-43(66)36(20-29-11-6-5-7-12-29)56-44(67)37(57-45(39)68)22-31-24-50-27-53-31/h5-9,11-13,15,23-24,27,34-39,52H,3-4,10,14,16-22,25-26H2,1-2H3,(H,50,53)(H,54,61)(H,55,66)(H,56,67)(H,57,68)(H,58,65)(H,59,64)(H,62,63)(H4,48,49,51)/t34-,35-,36+,37-,38-,39-/m0/s1. The van der Waals surface area contributed by atoms with Crippen molar-refractivity contribution in [2.75, 3.05) is 31.1 Å². The van der Waals surface area contributed by atoms with Crippen LogP contribution in [0.2, 0.25) is 0 Å². The molecular weight excluding hydrogens is 955 g/mol. The van der Waals surface area contributed by atoms with E-state index in [0.29, 0.717) is 29.7 Å². The highest BCUT2D eigenvalue weighted by Crippen LogP contribution is 2.24. The Hall–Kier alpha value is -7.08. The summed E-state index contributed by atoms with van der Waals surface area (Å²) in [5.74, 6) is -6.31. The maximum Gasteiger partial charge on any atom is 0.323 e. The fraction of sp³-hybridized carbons (Fsp3) is 0.447. The third-order valence-electron chi connectivity index (χ3n) is 11.4. The van der Waals surface area contributed by atoms with Crippen LogP contribution in [0.25, 0.3) is 10.9 Å². The molecule has 24 heteroatoms. The number of para-hydroxylation sites is 1. The zero-order valence-electron chi connectivity index (χ0n) is 39.6. The van der Waals surface area contributed by atoms with Crippen LogP contribution in [0, 0.1) is 0 Å². The fourth-order valence-corrected chi connectivity index (χ4v) is 9.97. The van der Waals surface area contributed by atoms with Crippen molar-refractivity contribution >= 4 is 85.8 Å². The molecule has 1 aliphatic rings. The summed E-state index contributed by atoms with van der Waals surface area (Å²) in [4.78, 5) is 126. The molecule has 0 aliphatic carbocycles. The first-order valence-electron chi connectivity index (χ1n) is 23.3. The molecule has 13 N–H and O–H groups in total. The van der Waals surface area contributed by atoms with E-state index in [4.69, 9.17) is 11.5 Å². The Bertz CT molecular complexity index is 2470. The largest absolute Gasteiger partial charge is 0.480 e. The summed E-state index contributed by atoms with van der Waals surface area (Å²) in [6.07, 6.45) is 6.09. The molecular formula is C47H63N13O9S2. The van der Waals surface area contributed by atoms with Gasteiger partial charge >= 0.3 is 5.97 Å². The number of carboxylic acid groups (broad SMARTS) is 1. The molecule has 2 aromatic heterocycles. The number of guanidine groups is 1. The number of carbonyl (C=O) groups is 8. The van der Waals surface area contributed by atoms with Gasteiger partial charge in [0, 0.05) is 79.8 Å². The van der Waals surface area contributed by atoms with Crippen molar-refractivity contribution in [3.05, 3.63) is 90.1 Å². The van der Waals surface area contributed by atoms with Gasteiger partial charge in [0.15, 0.2) is 5.96 Å². The van der Waals surface area contributed by atoms with Crippen LogP contribution >= 0.6 is 21.6 Å². The van der Waals surface area contributed by atoms with Gasteiger partial charge in [-0.2, -0.15) is 0 Å². The number of carboxylic acids is 1. The highest BCUT2D eigenvalue weighted by atomic mass is 33.1. The SMILES string of the molecule is CCCC[C@H](NC(C)=O)C(=O)N[C@H]1CSSCCN(CC(=O)O)C(=O)[C@H](Cc2c[nH]c3ccccc23)NC(=O)[C@H](CCCN=C(N)N)NC(=O)[C@@H](Cc2ccccc2)NC(=O)[C@H](Cc2cnc[nH]2)NC1=O. The van der Waals surface area contributed by atoms with E-state index < -0.39 is 90.1 Å². The third kappa shape index (κ3) is 17.7. The molecule has 6 atom stereocenters. The Balaban J connectivity index is 1.57. The minimum absolute atomic E-state index is 0.0338. The molecule has 5 rings (SSSR count). The summed E-state index contributed by atoms with van der Waals surface area (Å²) in [5, 5.41) is 27.4. The summed E-state index contributed by atoms with van der Waals surface area (Å²) in [6, 6.07) is 8.52. The van der Waals surface area contributed by atoms with E-state index in [0.717, 1.165) is 33.0 Å². The maximum absolute atomic E-state index is 14.6. The van der Waals surface area contributed by atoms with Crippen molar-refractivity contribution in [3.63, 3.8) is 0 Å². The van der Waals surface area contributed by atoms with Crippen LogP contribution in [-0.2, 0) is 57.6 Å². The number of fused-ring (bicyclic) bond motifs is 1. The number of amides is 7. The highest BCUT2D eigenvalue weighted by molar-refractivity contribution is 8.76. The van der Waals surface area contributed by atoms with E-state index in [1.165, 1.54) is 30.2 Å². The first-order chi connectivity index (χ1) is 34.1. The van der Waals surface area contributed by atoms with Crippen LogP contribution in [0.5, 0.6) is 0 Å². The van der Waals surface area contributed by atoms with E-state index in [1.54, 1.807) is 36.5 Å². The second kappa shape index (κ2) is 27.9. The van der Waals surface area contributed by atoms with Gasteiger partial charge in [0.1, 0.15) is 42.8 Å². The molecule has 3 heterocycles. The van der Waals surface area contributed by atoms with Crippen molar-refractivity contribution in [2.45, 2.75) is 101 Å². The van der Waals surface area contributed by atoms with E-state index in [2.05, 4.69) is 51.8 Å². The van der Waals surface area contributed by atoms with Crippen LogP contribution in [-0.4, -0.2) is 146 Å². The summed E-state index contributed by atoms with van der Waals surface area (Å²) < 4.78 is 0. The first-order valence-corrected chi connectivity index (χ1v) is 25.8. The molecule has 0 saturated carbocycles. The van der Waals surface area contributed by atoms with Gasteiger partial charge in [-0.1, -0.05) is 89.9 Å².